The summed E-state index contributed by atoms with van der Waals surface area (Å²) in [4.78, 5) is 43.4. The molecule has 0 unspecified atom stereocenters. The molecule has 1 aromatic rings. The fourth-order valence-corrected chi connectivity index (χ4v) is 9.76. The lowest BCUT2D eigenvalue weighted by molar-refractivity contribution is -0.178. The van der Waals surface area contributed by atoms with Gasteiger partial charge in [-0.1, -0.05) is 19.4 Å². The van der Waals surface area contributed by atoms with Gasteiger partial charge in [0.2, 0.25) is 16.7 Å². The van der Waals surface area contributed by atoms with Crippen molar-refractivity contribution in [2.24, 2.45) is 34.5 Å². The summed E-state index contributed by atoms with van der Waals surface area (Å²) in [6.07, 6.45) is 1.15. The van der Waals surface area contributed by atoms with E-state index in [9.17, 15) is 28.3 Å². The van der Waals surface area contributed by atoms with Gasteiger partial charge in [-0.05, 0) is 69.2 Å². The van der Waals surface area contributed by atoms with Gasteiger partial charge in [0.25, 0.3) is 0 Å². The van der Waals surface area contributed by atoms with Crippen molar-refractivity contribution in [2.75, 3.05) is 6.01 Å². The highest BCUT2D eigenvalue weighted by Gasteiger charge is 2.73. The number of thioether (sulfide) groups is 1. The fourth-order valence-electron chi connectivity index (χ4n) is 8.29. The number of halogens is 3. The monoisotopic (exact) mass is 569 g/mol. The van der Waals surface area contributed by atoms with E-state index in [1.54, 1.807) is 20.8 Å². The van der Waals surface area contributed by atoms with Crippen LogP contribution in [0.2, 0.25) is 0 Å². The number of ether oxygens (including phenoxy) is 1. The van der Waals surface area contributed by atoms with Gasteiger partial charge in [-0.15, -0.1) is 11.3 Å². The van der Waals surface area contributed by atoms with E-state index in [4.69, 9.17) is 4.74 Å². The summed E-state index contributed by atoms with van der Waals surface area (Å²) in [7, 11) is 0. The molecule has 0 saturated heterocycles. The number of hydrogen-bond donors (Lipinski definition) is 1. The molecule has 1 N–H and O–H groups in total. The van der Waals surface area contributed by atoms with Gasteiger partial charge >= 0.3 is 5.97 Å². The smallest absolute Gasteiger partial charge is 0.351 e. The van der Waals surface area contributed by atoms with E-state index in [2.05, 4.69) is 4.98 Å². The van der Waals surface area contributed by atoms with E-state index in [0.29, 0.717) is 42.3 Å². The Bertz CT molecular complexity index is 1280. The first-order chi connectivity index (χ1) is 17.8. The van der Waals surface area contributed by atoms with Gasteiger partial charge in [0.1, 0.15) is 16.7 Å². The van der Waals surface area contributed by atoms with E-state index in [1.807, 2.05) is 0 Å². The van der Waals surface area contributed by atoms with Gasteiger partial charge in [-0.2, -0.15) is 4.39 Å². The van der Waals surface area contributed by atoms with Crippen molar-refractivity contribution < 1.29 is 37.4 Å². The number of alkyl halides is 1. The minimum absolute atomic E-state index is 0.0393. The van der Waals surface area contributed by atoms with Crippen LogP contribution in [-0.2, 0) is 14.3 Å². The summed E-state index contributed by atoms with van der Waals surface area (Å²) in [6, 6.07) is -1.00. The lowest BCUT2D eigenvalue weighted by Crippen LogP contribution is -2.63. The molecular weight excluding hydrogens is 539 g/mol. The molecule has 0 spiro atoms. The van der Waals surface area contributed by atoms with E-state index in [0.717, 1.165) is 17.4 Å². The molecule has 0 radical (unpaired) electrons. The zero-order valence-corrected chi connectivity index (χ0v) is 23.2. The summed E-state index contributed by atoms with van der Waals surface area (Å²) >= 11 is 1.52. The Balaban J connectivity index is 1.60. The molecule has 6 nitrogen and oxygen atoms in total. The summed E-state index contributed by atoms with van der Waals surface area (Å²) in [6.45, 7) is 6.75. The molecule has 38 heavy (non-hydrogen) atoms. The number of carbonyl (C=O) groups is 3. The zero-order chi connectivity index (χ0) is 27.8. The van der Waals surface area contributed by atoms with Crippen LogP contribution in [0.1, 0.15) is 61.8 Å². The van der Waals surface area contributed by atoms with Crippen molar-refractivity contribution in [3.8, 4) is 0 Å². The number of rotatable bonds is 4. The van der Waals surface area contributed by atoms with Crippen LogP contribution in [-0.4, -0.2) is 44.7 Å². The second-order valence-corrected chi connectivity index (χ2v) is 13.2. The third kappa shape index (κ3) is 3.49. The number of nitrogens with zero attached hydrogens (tertiary/aromatic N) is 1. The third-order valence-corrected chi connectivity index (χ3v) is 11.5. The molecule has 8 atom stereocenters. The molecule has 1 heterocycles. The van der Waals surface area contributed by atoms with Crippen LogP contribution in [0.25, 0.3) is 0 Å². The van der Waals surface area contributed by atoms with Crippen molar-refractivity contribution in [1.29, 1.82) is 0 Å². The first-order valence-electron chi connectivity index (χ1n) is 12.7. The van der Waals surface area contributed by atoms with E-state index < -0.39 is 68.9 Å². The lowest BCUT2D eigenvalue weighted by atomic mass is 9.46. The summed E-state index contributed by atoms with van der Waals surface area (Å²) in [5.74, 6) is -6.26. The van der Waals surface area contributed by atoms with Crippen LogP contribution in [0.15, 0.2) is 28.8 Å². The third-order valence-electron chi connectivity index (χ3n) is 9.92. The maximum Gasteiger partial charge on any atom is 0.351 e. The summed E-state index contributed by atoms with van der Waals surface area (Å²) in [5.41, 5.74) is -1.93. The number of aliphatic hydroxyl groups excluding tert-OH is 1. The molecule has 0 bridgehead atoms. The van der Waals surface area contributed by atoms with E-state index in [1.165, 1.54) is 12.4 Å². The number of allylic oxidation sites excluding steroid dienone is 4. The lowest BCUT2D eigenvalue weighted by Gasteiger charge is -2.60. The number of aliphatic hydroxyl groups is 1. The predicted octanol–water partition coefficient (Wildman–Crippen LogP) is 5.65. The summed E-state index contributed by atoms with van der Waals surface area (Å²) in [5, 5.41) is 11.0. The van der Waals surface area contributed by atoms with E-state index in [-0.39, 0.29) is 23.1 Å². The molecule has 11 heteroatoms. The predicted molar refractivity (Wildman–Crippen MR) is 136 cm³/mol. The highest BCUT2D eigenvalue weighted by atomic mass is 32.2. The van der Waals surface area contributed by atoms with Crippen LogP contribution >= 0.6 is 23.1 Å². The normalized spacial score (nSPS) is 40.3. The molecule has 0 aromatic carbocycles. The highest BCUT2D eigenvalue weighted by Crippen LogP contribution is 2.70. The molecule has 3 saturated carbocycles. The van der Waals surface area contributed by atoms with E-state index >= 15 is 4.39 Å². The van der Waals surface area contributed by atoms with Crippen molar-refractivity contribution in [1.82, 2.24) is 4.98 Å². The topological polar surface area (TPSA) is 93.6 Å². The van der Waals surface area contributed by atoms with Gasteiger partial charge in [-0.3, -0.25) is 9.59 Å². The molecule has 206 valence electrons. The minimum Gasteiger partial charge on any atom is -0.445 e. The van der Waals surface area contributed by atoms with Gasteiger partial charge in [0, 0.05) is 22.7 Å². The van der Waals surface area contributed by atoms with Crippen LogP contribution in [0.3, 0.4) is 0 Å². The number of aromatic nitrogens is 1. The Morgan fingerprint density at radius 2 is 2.03 bits per heavy atom. The zero-order valence-electron chi connectivity index (χ0n) is 21.6. The highest BCUT2D eigenvalue weighted by molar-refractivity contribution is 8.13. The van der Waals surface area contributed by atoms with Gasteiger partial charge < -0.3 is 9.84 Å². The van der Waals surface area contributed by atoms with Gasteiger partial charge in [0.05, 0.1) is 17.3 Å². The molecule has 5 rings (SSSR count). The van der Waals surface area contributed by atoms with Crippen molar-refractivity contribution in [2.45, 2.75) is 65.1 Å². The number of esters is 1. The molecule has 1 aromatic heterocycles. The average molecular weight is 570 g/mol. The van der Waals surface area contributed by atoms with Gasteiger partial charge in [0.15, 0.2) is 5.60 Å². The Morgan fingerprint density at radius 3 is 2.66 bits per heavy atom. The first-order valence-corrected chi connectivity index (χ1v) is 14.6. The largest absolute Gasteiger partial charge is 0.445 e. The molecule has 3 fully saturated rings. The Morgan fingerprint density at radius 1 is 1.32 bits per heavy atom. The number of carbonyl (C=O) groups excluding carboxylic acids is 3. The SMILES string of the molecule is Cc1ncsc1C(=O)O[C@]1(C(=O)SCF)[C@H](C)C[C@H]2[C@@H]3CCC4=CC(=O)C(F)=C(F)[C@]4(C)[C@H]3[C@@H](O)C[C@@]21C. The first kappa shape index (κ1) is 27.6. The number of thiazole rings is 1. The van der Waals surface area contributed by atoms with Crippen molar-refractivity contribution in [3.05, 3.63) is 39.4 Å². The quantitative estimate of drug-likeness (QED) is 0.468. The van der Waals surface area contributed by atoms with Crippen LogP contribution in [0, 0.1) is 41.4 Å². The van der Waals surface area contributed by atoms with Crippen molar-refractivity contribution >= 4 is 40.0 Å². The standard InChI is InChI=1S/C27H30F3NO5S2/c1-12-7-16-15-6-5-14-8-17(32)20(29)22(30)26(14,4)19(15)18(33)9-25(16,3)27(12,24(35)37-10-28)36-23(34)21-13(2)31-11-38-21/h8,11-12,15-16,18-19,33H,5-7,9-10H2,1-4H3/t12-,15+,16+,18+,19-,25+,26+,27+/m1/s1. The maximum atomic E-state index is 15.5. The second kappa shape index (κ2) is 9.30. The second-order valence-electron chi connectivity index (χ2n) is 11.5. The molecule has 4 aliphatic carbocycles. The number of hydrogen-bond acceptors (Lipinski definition) is 8. The molecule has 0 aliphatic heterocycles. The Hall–Kier alpha value is -1.98. The number of aryl methyl sites for hydroxylation is 1. The van der Waals surface area contributed by atoms with Crippen LogP contribution < -0.4 is 0 Å². The minimum atomic E-state index is -1.74. The molecular formula is C27H30F3NO5S2. The maximum absolute atomic E-state index is 15.5. The number of ketones is 1. The fraction of sp³-hybridized carbons (Fsp3) is 0.630. The van der Waals surface area contributed by atoms with Crippen LogP contribution in [0.5, 0.6) is 0 Å². The average Bonchev–Trinajstić information content (AvgIpc) is 3.38. The molecule has 4 aliphatic rings. The molecule has 0 amide bonds. The summed E-state index contributed by atoms with van der Waals surface area (Å²) < 4.78 is 49.8. The van der Waals surface area contributed by atoms with Crippen molar-refractivity contribution in [3.63, 3.8) is 0 Å². The number of fused-ring (bicyclic) bond motifs is 5. The Kier molecular flexibility index (Phi) is 6.75. The van der Waals surface area contributed by atoms with Crippen LogP contribution in [0.4, 0.5) is 13.2 Å². The Labute approximate surface area is 227 Å². The van der Waals surface area contributed by atoms with Gasteiger partial charge in [-0.25, -0.2) is 18.6 Å².